The second kappa shape index (κ2) is 8.28. The van der Waals surface area contributed by atoms with Gasteiger partial charge in [-0.2, -0.15) is 0 Å². The molecule has 1 aliphatic rings. The van der Waals surface area contributed by atoms with Crippen molar-refractivity contribution in [1.29, 1.82) is 0 Å². The molecular weight excluding hydrogens is 354 g/mol. The maximum absolute atomic E-state index is 5.37. The third-order valence-electron chi connectivity index (χ3n) is 4.89. The van der Waals surface area contributed by atoms with Crippen molar-refractivity contribution in [2.24, 2.45) is 0 Å². The summed E-state index contributed by atoms with van der Waals surface area (Å²) in [6, 6.07) is 1.28. The molecule has 0 saturated carbocycles. The van der Waals surface area contributed by atoms with Gasteiger partial charge >= 0.3 is 42.9 Å². The molecule has 4 heteroatoms. The van der Waals surface area contributed by atoms with Crippen LogP contribution >= 0.6 is 0 Å². The van der Waals surface area contributed by atoms with E-state index in [0.29, 0.717) is 0 Å². The molecule has 1 atom stereocenters. The molecule has 0 amide bonds. The van der Waals surface area contributed by atoms with E-state index < -0.39 is 34.4 Å². The molecule has 0 spiro atoms. The van der Waals surface area contributed by atoms with Gasteiger partial charge in [0.2, 0.25) is 0 Å². The first kappa shape index (κ1) is 19.8. The summed E-state index contributed by atoms with van der Waals surface area (Å²) in [6.07, 6.45) is 3.23. The number of allylic oxidation sites excluding steroid dienone is 2. The Balaban J connectivity index is 0.000000711. The molecule has 0 aromatic heterocycles. The van der Waals surface area contributed by atoms with E-state index in [9.17, 15) is 0 Å². The van der Waals surface area contributed by atoms with Gasteiger partial charge in [0.15, 0.2) is 0 Å². The Labute approximate surface area is 130 Å². The summed E-state index contributed by atoms with van der Waals surface area (Å²) in [5.41, 5.74) is 1.73. The molecule has 1 radical (unpaired) electrons. The summed E-state index contributed by atoms with van der Waals surface area (Å²) < 4.78 is 5.37. The summed E-state index contributed by atoms with van der Waals surface area (Å²) >= 11 is -0.543. The monoisotopic (exact) mass is 391 g/mol. The third-order valence-corrected chi connectivity index (χ3v) is 9.27. The second-order valence-corrected chi connectivity index (χ2v) is 19.6. The zero-order chi connectivity index (χ0) is 15.3. The van der Waals surface area contributed by atoms with E-state index >= 15 is 0 Å². The van der Waals surface area contributed by atoms with Gasteiger partial charge in [0.1, 0.15) is 0 Å². The van der Waals surface area contributed by atoms with Crippen LogP contribution in [0.2, 0.25) is 40.1 Å². The zero-order valence-corrected chi connectivity index (χ0v) is 18.7. The third kappa shape index (κ3) is 4.63. The van der Waals surface area contributed by atoms with Gasteiger partial charge in [0, 0.05) is 12.6 Å². The molecule has 1 heterocycles. The van der Waals surface area contributed by atoms with Crippen molar-refractivity contribution in [3.8, 4) is 0 Å². The van der Waals surface area contributed by atoms with Crippen LogP contribution in [0.15, 0.2) is 10.7 Å². The average Bonchev–Trinajstić information content (AvgIpc) is 2.58. The number of hydrogen-bond acceptors (Lipinski definition) is 0. The molecule has 113 valence electrons. The predicted molar refractivity (Wildman–Crippen MR) is 97.4 cm³/mol. The molecule has 19 heavy (non-hydrogen) atoms. The van der Waals surface area contributed by atoms with Gasteiger partial charge in [-0.25, -0.2) is 0 Å². The Kier molecular flexibility index (Phi) is 8.62. The van der Waals surface area contributed by atoms with E-state index in [1.807, 2.05) is 0 Å². The van der Waals surface area contributed by atoms with Crippen LogP contribution in [0.4, 0.5) is 0 Å². The molecule has 0 aliphatic carbocycles. The van der Waals surface area contributed by atoms with Crippen LogP contribution in [0, 0.1) is 0 Å². The van der Waals surface area contributed by atoms with E-state index in [4.69, 9.17) is 4.34 Å². The fourth-order valence-electron chi connectivity index (χ4n) is 3.43. The van der Waals surface area contributed by atoms with Crippen molar-refractivity contribution in [3.63, 3.8) is 0 Å². The predicted octanol–water partition coefficient (Wildman–Crippen LogP) is 5.28. The molecule has 0 aromatic carbocycles. The Hall–Kier alpha value is 0.781. The van der Waals surface area contributed by atoms with E-state index in [1.165, 1.54) is 25.1 Å². The quantitative estimate of drug-likeness (QED) is 0.458. The summed E-state index contributed by atoms with van der Waals surface area (Å²) in [4.78, 5) is 7.09. The van der Waals surface area contributed by atoms with Crippen LogP contribution in [0.3, 0.4) is 0 Å². The van der Waals surface area contributed by atoms with Gasteiger partial charge in [-0.3, -0.25) is 0 Å². The van der Waals surface area contributed by atoms with Gasteiger partial charge in [-0.1, -0.05) is 34.1 Å². The van der Waals surface area contributed by atoms with Gasteiger partial charge in [0.05, 0.1) is 0 Å². The van der Waals surface area contributed by atoms with Crippen molar-refractivity contribution in [2.45, 2.75) is 81.1 Å². The Morgan fingerprint density at radius 3 is 1.68 bits per heavy atom. The summed E-state index contributed by atoms with van der Waals surface area (Å²) in [7, 11) is -1.39. The van der Waals surface area contributed by atoms with Crippen LogP contribution < -0.4 is 0 Å². The van der Waals surface area contributed by atoms with Crippen LogP contribution in [-0.4, -0.2) is 38.8 Å². The minimum atomic E-state index is -1.39. The van der Waals surface area contributed by atoms with Gasteiger partial charge in [0.25, 0.3) is 6.35 Å². The minimum absolute atomic E-state index is 0.493. The maximum atomic E-state index is 5.37. The number of hydrogen-bond donors (Lipinski definition) is 0. The molecule has 0 bridgehead atoms. The normalized spacial score (nSPS) is 25.6. The van der Waals surface area contributed by atoms with Crippen LogP contribution in [-0.2, 0) is 0 Å². The van der Waals surface area contributed by atoms with Crippen molar-refractivity contribution < 1.29 is 4.34 Å². The first-order chi connectivity index (χ1) is 8.72. The van der Waals surface area contributed by atoms with Gasteiger partial charge < -0.3 is 4.34 Å². The zero-order valence-electron chi connectivity index (χ0n) is 14.9. The molecule has 1 nitrogen and oxygen atoms in total. The SMILES string of the molecule is CCC1=C(C)[Si](C)(CC)[OH+][B-]1(CC)CC.[CH3][Sn]([CH3])[CH3]. The Bertz CT molecular complexity index is 311. The molecular formula is C15H36BOSiSn. The van der Waals surface area contributed by atoms with E-state index in [0.717, 1.165) is 0 Å². The van der Waals surface area contributed by atoms with E-state index in [2.05, 4.69) is 56.0 Å². The van der Waals surface area contributed by atoms with Crippen LogP contribution in [0.5, 0.6) is 0 Å². The first-order valence-corrected chi connectivity index (χ1v) is 19.3. The van der Waals surface area contributed by atoms with E-state index in [1.54, 1.807) is 10.7 Å². The fourth-order valence-corrected chi connectivity index (χ4v) is 7.09. The summed E-state index contributed by atoms with van der Waals surface area (Å²) in [6.45, 7) is 14.1. The molecule has 1 aliphatic heterocycles. The molecule has 0 aromatic rings. The standard InChI is InChI=1S/C12H27BOSi.3CH3.Sn/c1-7-12-11(5)15(6,10-4)14-13(12,8-2)9-3;;;;/h14H,7-10H2,1-6H3;3*1H3;. The molecule has 1 unspecified atom stereocenters. The topological polar surface area (TPSA) is 12.8 Å². The van der Waals surface area contributed by atoms with Crippen molar-refractivity contribution in [2.75, 3.05) is 0 Å². The molecule has 1 N–H and O–H groups in total. The van der Waals surface area contributed by atoms with Crippen LogP contribution in [0.1, 0.15) is 41.0 Å². The molecule has 0 saturated heterocycles. The molecule has 0 fully saturated rings. The van der Waals surface area contributed by atoms with Crippen LogP contribution in [0.25, 0.3) is 0 Å². The average molecular weight is 390 g/mol. The fraction of sp³-hybridized carbons (Fsp3) is 0.867. The second-order valence-electron chi connectivity index (χ2n) is 6.77. The number of rotatable bonds is 4. The van der Waals surface area contributed by atoms with Crippen molar-refractivity contribution in [1.82, 2.24) is 0 Å². The summed E-state index contributed by atoms with van der Waals surface area (Å²) in [5.74, 6) is 0. The van der Waals surface area contributed by atoms with E-state index in [-0.39, 0.29) is 0 Å². The Morgan fingerprint density at radius 1 is 1.05 bits per heavy atom. The van der Waals surface area contributed by atoms with Gasteiger partial charge in [-0.15, -0.1) is 18.1 Å². The van der Waals surface area contributed by atoms with Gasteiger partial charge in [-0.05, 0) is 12.1 Å². The van der Waals surface area contributed by atoms with Crippen molar-refractivity contribution >= 4 is 34.4 Å². The van der Waals surface area contributed by atoms with Crippen molar-refractivity contribution in [3.05, 3.63) is 10.7 Å². The summed E-state index contributed by atoms with van der Waals surface area (Å²) in [5, 5.41) is 1.70. The molecule has 1 rings (SSSR count). The Morgan fingerprint density at radius 2 is 1.47 bits per heavy atom. The first-order valence-electron chi connectivity index (χ1n) is 8.12.